The number of allylic oxidation sites excluding steroid dienone is 2. The first-order chi connectivity index (χ1) is 9.38. The van der Waals surface area contributed by atoms with Crippen molar-refractivity contribution in [1.29, 1.82) is 0 Å². The summed E-state index contributed by atoms with van der Waals surface area (Å²) >= 11 is 1.61. The minimum absolute atomic E-state index is 0.806. The first kappa shape index (κ1) is 15.9. The molecule has 0 nitrogen and oxygen atoms in total. The summed E-state index contributed by atoms with van der Waals surface area (Å²) in [5.41, 5.74) is 0. The van der Waals surface area contributed by atoms with Gasteiger partial charge in [0, 0.05) is 0 Å². The van der Waals surface area contributed by atoms with Gasteiger partial charge in [0.15, 0.2) is 0 Å². The van der Waals surface area contributed by atoms with E-state index in [4.69, 9.17) is 0 Å². The van der Waals surface area contributed by atoms with Gasteiger partial charge >= 0.3 is 132 Å². The van der Waals surface area contributed by atoms with Crippen LogP contribution in [0.2, 0.25) is 9.63 Å². The van der Waals surface area contributed by atoms with Crippen LogP contribution in [0, 0.1) is 0 Å². The molecule has 2 aliphatic rings. The molecule has 0 amide bonds. The van der Waals surface area contributed by atoms with Crippen molar-refractivity contribution in [2.75, 3.05) is 0 Å². The molecule has 0 radical (unpaired) electrons. The fourth-order valence-corrected chi connectivity index (χ4v) is 11.3. The molecule has 108 valence electrons. The van der Waals surface area contributed by atoms with E-state index in [1.807, 2.05) is 3.37 Å². The van der Waals surface area contributed by atoms with E-state index < -0.39 is 0 Å². The summed E-state index contributed by atoms with van der Waals surface area (Å²) in [5.74, 6) is 0. The number of rotatable bonds is 6. The van der Waals surface area contributed by atoms with Crippen LogP contribution in [0.1, 0.15) is 70.6 Å². The summed E-state index contributed by atoms with van der Waals surface area (Å²) in [4.78, 5) is 2.14. The molecule has 0 aromatic heterocycles. The fraction of sp³-hybridized carbons (Fsp3) is 0.765. The van der Waals surface area contributed by atoms with Crippen LogP contribution in [0.3, 0.4) is 0 Å². The van der Waals surface area contributed by atoms with Gasteiger partial charge in [0.25, 0.3) is 0 Å². The third kappa shape index (κ3) is 6.21. The van der Waals surface area contributed by atoms with Crippen LogP contribution in [0.15, 0.2) is 22.1 Å². The summed E-state index contributed by atoms with van der Waals surface area (Å²) < 4.78 is 1.89. The van der Waals surface area contributed by atoms with Gasteiger partial charge in [0.2, 0.25) is 0 Å². The van der Waals surface area contributed by atoms with Crippen LogP contribution < -0.4 is 0 Å². The van der Waals surface area contributed by atoms with Gasteiger partial charge in [-0.1, -0.05) is 0 Å². The molecule has 0 heterocycles. The minimum atomic E-state index is 0.806. The molecule has 2 fully saturated rings. The second-order valence-electron chi connectivity index (χ2n) is 5.80. The van der Waals surface area contributed by atoms with Crippen LogP contribution in [-0.4, -0.2) is 29.9 Å². The third-order valence-electron chi connectivity index (χ3n) is 4.12. The van der Waals surface area contributed by atoms with Gasteiger partial charge in [-0.05, 0) is 0 Å². The van der Waals surface area contributed by atoms with Crippen LogP contribution in [-0.2, 0) is 0 Å². The van der Waals surface area contributed by atoms with Crippen molar-refractivity contribution < 1.29 is 0 Å². The molecule has 19 heavy (non-hydrogen) atoms. The van der Waals surface area contributed by atoms with Crippen LogP contribution in [0.5, 0.6) is 0 Å². The summed E-state index contributed by atoms with van der Waals surface area (Å²) in [6, 6.07) is 0. The molecule has 0 N–H and O–H groups in total. The van der Waals surface area contributed by atoms with Gasteiger partial charge in [-0.2, -0.15) is 0 Å². The molecule has 0 unspecified atom stereocenters. The predicted molar refractivity (Wildman–Crippen MR) is 88.1 cm³/mol. The molecule has 0 saturated heterocycles. The van der Waals surface area contributed by atoms with E-state index in [0.29, 0.717) is 0 Å². The van der Waals surface area contributed by atoms with Gasteiger partial charge in [0.05, 0.1) is 0 Å². The summed E-state index contributed by atoms with van der Waals surface area (Å²) in [6.07, 6.45) is 20.8. The second-order valence-corrected chi connectivity index (χ2v) is 12.7. The Morgan fingerprint density at radius 3 is 1.74 bits per heavy atom. The fourth-order valence-electron chi connectivity index (χ4n) is 3.00. The standard InChI is InChI=1S/C17H28Se2/c1-2-3-14-17(18-15-10-6-4-7-11-15)19-16-12-8-5-9-13-16/h2,14-16H,1,3-13H2. The van der Waals surface area contributed by atoms with Crippen LogP contribution in [0.25, 0.3) is 0 Å². The Morgan fingerprint density at radius 1 is 0.842 bits per heavy atom. The monoisotopic (exact) mass is 392 g/mol. The molecule has 0 spiro atoms. The number of hydrogen-bond donors (Lipinski definition) is 0. The molecule has 0 atom stereocenters. The molecule has 2 aliphatic carbocycles. The van der Waals surface area contributed by atoms with E-state index in [1.54, 1.807) is 0 Å². The summed E-state index contributed by atoms with van der Waals surface area (Å²) in [7, 11) is 0. The Hall–Kier alpha value is 0.519. The molecule has 2 rings (SSSR count). The maximum atomic E-state index is 3.90. The zero-order chi connectivity index (χ0) is 13.3. The quantitative estimate of drug-likeness (QED) is 0.426. The van der Waals surface area contributed by atoms with Crippen molar-refractivity contribution in [2.24, 2.45) is 0 Å². The molecule has 2 saturated carbocycles. The molecule has 2 heteroatoms. The Balaban J connectivity index is 1.84. The van der Waals surface area contributed by atoms with Gasteiger partial charge in [-0.25, -0.2) is 0 Å². The first-order valence-electron chi connectivity index (χ1n) is 8.03. The van der Waals surface area contributed by atoms with Gasteiger partial charge in [-0.15, -0.1) is 0 Å². The molecule has 0 aliphatic heterocycles. The van der Waals surface area contributed by atoms with Gasteiger partial charge in [0.1, 0.15) is 0 Å². The zero-order valence-electron chi connectivity index (χ0n) is 12.1. The van der Waals surface area contributed by atoms with Crippen molar-refractivity contribution >= 4 is 29.9 Å². The van der Waals surface area contributed by atoms with Gasteiger partial charge < -0.3 is 0 Å². The second kappa shape index (κ2) is 9.45. The van der Waals surface area contributed by atoms with Crippen molar-refractivity contribution in [1.82, 2.24) is 0 Å². The van der Waals surface area contributed by atoms with E-state index in [9.17, 15) is 0 Å². The van der Waals surface area contributed by atoms with E-state index in [1.165, 1.54) is 64.2 Å². The van der Waals surface area contributed by atoms with E-state index in [-0.39, 0.29) is 0 Å². The van der Waals surface area contributed by atoms with Crippen LogP contribution in [0.4, 0.5) is 0 Å². The average molecular weight is 390 g/mol. The van der Waals surface area contributed by atoms with Crippen LogP contribution >= 0.6 is 0 Å². The predicted octanol–water partition coefficient (Wildman–Crippen LogP) is 5.32. The van der Waals surface area contributed by atoms with Crippen molar-refractivity contribution in [3.8, 4) is 0 Å². The molecule has 0 aromatic rings. The normalized spacial score (nSPS) is 22.1. The average Bonchev–Trinajstić information content (AvgIpc) is 2.47. The first-order valence-corrected chi connectivity index (χ1v) is 11.7. The van der Waals surface area contributed by atoms with Gasteiger partial charge in [-0.3, -0.25) is 0 Å². The van der Waals surface area contributed by atoms with Crippen molar-refractivity contribution in [3.63, 3.8) is 0 Å². The molecular weight excluding hydrogens is 362 g/mol. The zero-order valence-corrected chi connectivity index (χ0v) is 15.5. The Labute approximate surface area is 132 Å². The summed E-state index contributed by atoms with van der Waals surface area (Å²) in [5, 5.41) is 0. The van der Waals surface area contributed by atoms with Crippen molar-refractivity contribution in [2.45, 2.75) is 80.3 Å². The molecule has 0 aromatic carbocycles. The topological polar surface area (TPSA) is 0 Å². The Morgan fingerprint density at radius 2 is 1.32 bits per heavy atom. The van der Waals surface area contributed by atoms with E-state index in [2.05, 4.69) is 18.7 Å². The Bertz CT molecular complexity index is 262. The third-order valence-corrected chi connectivity index (χ3v) is 11.3. The van der Waals surface area contributed by atoms with Crippen molar-refractivity contribution in [3.05, 3.63) is 22.1 Å². The molecular formula is C17H28Se2. The SMILES string of the molecule is C=CCC=C([Se]C1CCCCC1)[Se]C1CCCCC1. The Kier molecular flexibility index (Phi) is 7.91. The van der Waals surface area contributed by atoms with E-state index >= 15 is 0 Å². The molecule has 0 bridgehead atoms. The van der Waals surface area contributed by atoms with E-state index in [0.717, 1.165) is 46.0 Å². The number of hydrogen-bond acceptors (Lipinski definition) is 0. The summed E-state index contributed by atoms with van der Waals surface area (Å²) in [6.45, 7) is 3.90. The maximum absolute atomic E-state index is 3.90.